The third-order valence-electron chi connectivity index (χ3n) is 3.81. The Kier molecular flexibility index (Phi) is 3.90. The highest BCUT2D eigenvalue weighted by atomic mass is 19.1. The average molecular weight is 288 g/mol. The van der Waals surface area contributed by atoms with Crippen LogP contribution >= 0.6 is 0 Å². The van der Waals surface area contributed by atoms with Gasteiger partial charge in [0.05, 0.1) is 26.4 Å². The molecule has 1 aliphatic rings. The lowest BCUT2D eigenvalue weighted by Crippen LogP contribution is -2.05. The Morgan fingerprint density at radius 2 is 2.05 bits per heavy atom. The summed E-state index contributed by atoms with van der Waals surface area (Å²) in [5, 5.41) is 10.3. The van der Waals surface area contributed by atoms with Gasteiger partial charge < -0.3 is 14.6 Å². The molecule has 2 aromatic carbocycles. The molecule has 21 heavy (non-hydrogen) atoms. The van der Waals surface area contributed by atoms with Crippen LogP contribution in [-0.4, -0.2) is 12.2 Å². The number of ether oxygens (including phenoxy) is 2. The predicted octanol–water partition coefficient (Wildman–Crippen LogP) is 3.14. The van der Waals surface area contributed by atoms with Crippen molar-refractivity contribution < 1.29 is 19.0 Å². The first-order valence-corrected chi connectivity index (χ1v) is 6.88. The monoisotopic (exact) mass is 288 g/mol. The second kappa shape index (κ2) is 5.84. The lowest BCUT2D eigenvalue weighted by Gasteiger charge is -2.14. The summed E-state index contributed by atoms with van der Waals surface area (Å²) in [5.74, 6) is -0.217. The molecule has 0 spiro atoms. The van der Waals surface area contributed by atoms with E-state index in [1.807, 2.05) is 18.2 Å². The number of aliphatic hydroxyl groups excluding tert-OH is 1. The largest absolute Gasteiger partial charge is 0.494 e. The van der Waals surface area contributed by atoms with Gasteiger partial charge in [0, 0.05) is 6.42 Å². The van der Waals surface area contributed by atoms with Crippen molar-refractivity contribution >= 4 is 0 Å². The molecule has 4 heteroatoms. The van der Waals surface area contributed by atoms with Crippen LogP contribution in [0.4, 0.5) is 4.39 Å². The smallest absolute Gasteiger partial charge is 0.168 e. The normalized spacial score (nSPS) is 14.8. The van der Waals surface area contributed by atoms with E-state index in [1.165, 1.54) is 7.11 Å². The van der Waals surface area contributed by atoms with E-state index in [9.17, 15) is 9.50 Å². The third kappa shape index (κ3) is 2.77. The van der Waals surface area contributed by atoms with Crippen LogP contribution in [0.3, 0.4) is 0 Å². The molecule has 0 amide bonds. The molecular formula is C17H17FO3. The van der Waals surface area contributed by atoms with Gasteiger partial charge >= 0.3 is 0 Å². The van der Waals surface area contributed by atoms with Gasteiger partial charge in [0.25, 0.3) is 0 Å². The van der Waals surface area contributed by atoms with E-state index in [1.54, 1.807) is 18.2 Å². The minimum absolute atomic E-state index is 0.196. The van der Waals surface area contributed by atoms with E-state index < -0.39 is 11.9 Å². The van der Waals surface area contributed by atoms with Crippen molar-refractivity contribution in [1.82, 2.24) is 0 Å². The maximum atomic E-state index is 14.1. The molecule has 0 bridgehead atoms. The molecule has 1 aliphatic heterocycles. The summed E-state index contributed by atoms with van der Waals surface area (Å²) in [7, 11) is 1.43. The molecule has 0 fully saturated rings. The van der Waals surface area contributed by atoms with Crippen molar-refractivity contribution in [1.29, 1.82) is 0 Å². The maximum Gasteiger partial charge on any atom is 0.168 e. The quantitative estimate of drug-likeness (QED) is 0.939. The molecule has 0 saturated heterocycles. The van der Waals surface area contributed by atoms with E-state index >= 15 is 0 Å². The topological polar surface area (TPSA) is 38.7 Å². The Labute approximate surface area is 122 Å². The van der Waals surface area contributed by atoms with Gasteiger partial charge in [-0.15, -0.1) is 0 Å². The highest BCUT2D eigenvalue weighted by Gasteiger charge is 2.17. The van der Waals surface area contributed by atoms with Crippen LogP contribution in [0.1, 0.15) is 28.4 Å². The number of halogens is 1. The molecule has 0 saturated carbocycles. The fraction of sp³-hybridized carbons (Fsp3) is 0.294. The van der Waals surface area contributed by atoms with Crippen LogP contribution in [0, 0.1) is 5.82 Å². The molecule has 110 valence electrons. The number of aliphatic hydroxyl groups is 1. The molecule has 1 heterocycles. The molecule has 0 aromatic heterocycles. The van der Waals surface area contributed by atoms with Crippen molar-refractivity contribution in [2.24, 2.45) is 0 Å². The van der Waals surface area contributed by atoms with Crippen LogP contribution in [0.2, 0.25) is 0 Å². The lowest BCUT2D eigenvalue weighted by atomic mass is 9.98. The number of hydrogen-bond donors (Lipinski definition) is 1. The molecule has 0 aliphatic carbocycles. The van der Waals surface area contributed by atoms with E-state index in [-0.39, 0.29) is 12.2 Å². The molecule has 1 unspecified atom stereocenters. The highest BCUT2D eigenvalue weighted by molar-refractivity contribution is 5.36. The van der Waals surface area contributed by atoms with E-state index in [0.29, 0.717) is 18.8 Å². The van der Waals surface area contributed by atoms with Gasteiger partial charge in [0.1, 0.15) is 0 Å². The first kappa shape index (κ1) is 14.0. The SMILES string of the molecule is COc1cccc(CC(O)c2ccc3c(c2)COC3)c1F. The van der Waals surface area contributed by atoms with E-state index in [4.69, 9.17) is 9.47 Å². The van der Waals surface area contributed by atoms with Gasteiger partial charge in [-0.2, -0.15) is 0 Å². The van der Waals surface area contributed by atoms with Gasteiger partial charge in [-0.3, -0.25) is 0 Å². The van der Waals surface area contributed by atoms with Gasteiger partial charge in [0.15, 0.2) is 11.6 Å². The Morgan fingerprint density at radius 3 is 2.86 bits per heavy atom. The van der Waals surface area contributed by atoms with Crippen molar-refractivity contribution in [3.63, 3.8) is 0 Å². The Hall–Kier alpha value is -1.91. The summed E-state index contributed by atoms with van der Waals surface area (Å²) < 4.78 is 24.4. The van der Waals surface area contributed by atoms with Gasteiger partial charge in [-0.05, 0) is 28.3 Å². The Morgan fingerprint density at radius 1 is 1.24 bits per heavy atom. The fourth-order valence-corrected chi connectivity index (χ4v) is 2.60. The van der Waals surface area contributed by atoms with Crippen LogP contribution in [-0.2, 0) is 24.4 Å². The van der Waals surface area contributed by atoms with E-state index in [0.717, 1.165) is 16.7 Å². The number of hydrogen-bond acceptors (Lipinski definition) is 3. The summed E-state index contributed by atoms with van der Waals surface area (Å²) in [6, 6.07) is 10.7. The summed E-state index contributed by atoms with van der Waals surface area (Å²) in [6.07, 6.45) is -0.541. The van der Waals surface area contributed by atoms with Crippen molar-refractivity contribution in [3.8, 4) is 5.75 Å². The Balaban J connectivity index is 1.82. The maximum absolute atomic E-state index is 14.1. The first-order valence-electron chi connectivity index (χ1n) is 6.88. The second-order valence-electron chi connectivity index (χ2n) is 5.17. The molecule has 3 nitrogen and oxygen atoms in total. The van der Waals surface area contributed by atoms with Crippen LogP contribution in [0.25, 0.3) is 0 Å². The lowest BCUT2D eigenvalue weighted by molar-refractivity contribution is 0.134. The molecule has 0 radical (unpaired) electrons. The van der Waals surface area contributed by atoms with Crippen molar-refractivity contribution in [2.75, 3.05) is 7.11 Å². The van der Waals surface area contributed by atoms with Crippen molar-refractivity contribution in [3.05, 3.63) is 64.5 Å². The van der Waals surface area contributed by atoms with Gasteiger partial charge in [-0.25, -0.2) is 4.39 Å². The predicted molar refractivity (Wildman–Crippen MR) is 76.6 cm³/mol. The minimum Gasteiger partial charge on any atom is -0.494 e. The first-order chi connectivity index (χ1) is 10.2. The minimum atomic E-state index is -0.752. The average Bonchev–Trinajstić information content (AvgIpc) is 2.96. The van der Waals surface area contributed by atoms with Crippen LogP contribution in [0.5, 0.6) is 5.75 Å². The van der Waals surface area contributed by atoms with Crippen LogP contribution < -0.4 is 4.74 Å². The zero-order valence-electron chi connectivity index (χ0n) is 11.8. The van der Waals surface area contributed by atoms with Crippen LogP contribution in [0.15, 0.2) is 36.4 Å². The zero-order chi connectivity index (χ0) is 14.8. The molecule has 2 aromatic rings. The van der Waals surface area contributed by atoms with Crippen molar-refractivity contribution in [2.45, 2.75) is 25.7 Å². The number of methoxy groups -OCH3 is 1. The molecular weight excluding hydrogens is 271 g/mol. The highest BCUT2D eigenvalue weighted by Crippen LogP contribution is 2.28. The summed E-state index contributed by atoms with van der Waals surface area (Å²) in [6.45, 7) is 1.19. The van der Waals surface area contributed by atoms with Gasteiger partial charge in [0.2, 0.25) is 0 Å². The van der Waals surface area contributed by atoms with Gasteiger partial charge in [-0.1, -0.05) is 30.3 Å². The number of fused-ring (bicyclic) bond motifs is 1. The second-order valence-corrected chi connectivity index (χ2v) is 5.17. The Bertz CT molecular complexity index is 654. The molecule has 3 rings (SSSR count). The fourth-order valence-electron chi connectivity index (χ4n) is 2.60. The summed E-state index contributed by atoms with van der Waals surface area (Å²) in [5.41, 5.74) is 3.47. The summed E-state index contributed by atoms with van der Waals surface area (Å²) >= 11 is 0. The standard InChI is InChI=1S/C17H17FO3/c1-20-16-4-2-3-12(17(16)18)8-15(19)11-5-6-13-9-21-10-14(13)7-11/h2-7,15,19H,8-10H2,1H3. The number of benzene rings is 2. The zero-order valence-corrected chi connectivity index (χ0v) is 11.8. The number of rotatable bonds is 4. The molecule has 1 atom stereocenters. The van der Waals surface area contributed by atoms with E-state index in [2.05, 4.69) is 0 Å². The third-order valence-corrected chi connectivity index (χ3v) is 3.81. The molecule has 1 N–H and O–H groups in total. The summed E-state index contributed by atoms with van der Waals surface area (Å²) in [4.78, 5) is 0.